The number of anilines is 1. The third-order valence-corrected chi connectivity index (χ3v) is 3.46. The topological polar surface area (TPSA) is 88.6 Å². The number of carbonyl (C=O) groups is 1. The van der Waals surface area contributed by atoms with Crippen molar-refractivity contribution in [2.45, 2.75) is 39.2 Å². The molecule has 1 aliphatic rings. The lowest BCUT2D eigenvalue weighted by atomic mass is 10.1. The third-order valence-electron chi connectivity index (χ3n) is 3.46. The van der Waals surface area contributed by atoms with Gasteiger partial charge < -0.3 is 19.9 Å². The minimum atomic E-state index is -0.595. The Morgan fingerprint density at radius 2 is 2.00 bits per heavy atom. The highest BCUT2D eigenvalue weighted by Crippen LogP contribution is 2.32. The molecule has 1 aliphatic heterocycles. The second-order valence-electron chi connectivity index (χ2n) is 6.64. The van der Waals surface area contributed by atoms with Crippen LogP contribution < -0.4 is 15.2 Å². The molecule has 2 aromatic rings. The lowest BCUT2D eigenvalue weighted by Crippen LogP contribution is -2.28. The summed E-state index contributed by atoms with van der Waals surface area (Å²) in [5.41, 5.74) is 7.11. The molecule has 0 amide bonds. The number of nitrogens with two attached hydrogens (primary N) is 1. The molecule has 0 fully saturated rings. The molecule has 0 aliphatic carbocycles. The van der Waals surface area contributed by atoms with Crippen LogP contribution in [0.3, 0.4) is 0 Å². The Morgan fingerprint density at radius 3 is 2.75 bits per heavy atom. The first kappa shape index (κ1) is 16.2. The number of benzene rings is 1. The number of hydrogen-bond donors (Lipinski definition) is 1. The van der Waals surface area contributed by atoms with Gasteiger partial charge in [-0.2, -0.15) is 5.10 Å². The quantitative estimate of drug-likeness (QED) is 0.930. The highest BCUT2D eigenvalue weighted by molar-refractivity contribution is 5.73. The van der Waals surface area contributed by atoms with Crippen molar-refractivity contribution in [2.75, 3.05) is 12.5 Å². The van der Waals surface area contributed by atoms with Crippen molar-refractivity contribution < 1.29 is 19.0 Å². The standard InChI is InChI=1S/C17H21N3O4/c1-17(2,3)24-16(21)20-15(18)9-12(19-20)6-4-11-5-7-13-14(8-11)23-10-22-13/h5,7-9H,4,6,10,18H2,1-3H3. The zero-order chi connectivity index (χ0) is 17.3. The molecule has 128 valence electrons. The van der Waals surface area contributed by atoms with E-state index < -0.39 is 11.7 Å². The van der Waals surface area contributed by atoms with E-state index in [0.717, 1.165) is 33.9 Å². The second kappa shape index (κ2) is 6.07. The van der Waals surface area contributed by atoms with Crippen molar-refractivity contribution in [1.82, 2.24) is 9.78 Å². The van der Waals surface area contributed by atoms with Gasteiger partial charge in [0, 0.05) is 6.07 Å². The van der Waals surface area contributed by atoms with Gasteiger partial charge in [-0.3, -0.25) is 0 Å². The van der Waals surface area contributed by atoms with E-state index in [0.29, 0.717) is 6.42 Å². The number of rotatable bonds is 3. The number of fused-ring (bicyclic) bond motifs is 1. The minimum Gasteiger partial charge on any atom is -0.454 e. The Bertz CT molecular complexity index is 762. The van der Waals surface area contributed by atoms with E-state index in [1.165, 1.54) is 0 Å². The maximum atomic E-state index is 12.1. The number of ether oxygens (including phenoxy) is 3. The summed E-state index contributed by atoms with van der Waals surface area (Å²) in [6, 6.07) is 7.53. The number of nitrogens with zero attached hydrogens (tertiary/aromatic N) is 2. The van der Waals surface area contributed by atoms with Gasteiger partial charge in [-0.15, -0.1) is 4.68 Å². The van der Waals surface area contributed by atoms with Gasteiger partial charge in [-0.25, -0.2) is 4.79 Å². The van der Waals surface area contributed by atoms with Crippen molar-refractivity contribution in [3.05, 3.63) is 35.5 Å². The molecule has 1 aromatic carbocycles. The Morgan fingerprint density at radius 1 is 1.25 bits per heavy atom. The molecule has 0 bridgehead atoms. The Kier molecular flexibility index (Phi) is 4.09. The number of hydrogen-bond acceptors (Lipinski definition) is 6. The fourth-order valence-electron chi connectivity index (χ4n) is 2.39. The summed E-state index contributed by atoms with van der Waals surface area (Å²) in [7, 11) is 0. The van der Waals surface area contributed by atoms with Gasteiger partial charge in [-0.05, 0) is 51.3 Å². The van der Waals surface area contributed by atoms with Crippen molar-refractivity contribution in [1.29, 1.82) is 0 Å². The zero-order valence-electron chi connectivity index (χ0n) is 14.0. The van der Waals surface area contributed by atoms with Gasteiger partial charge in [0.05, 0.1) is 5.69 Å². The number of aromatic nitrogens is 2. The normalized spacial score (nSPS) is 13.1. The SMILES string of the molecule is CC(C)(C)OC(=O)n1nc(CCc2ccc3c(c2)OCO3)cc1N. The second-order valence-corrected chi connectivity index (χ2v) is 6.64. The van der Waals surface area contributed by atoms with E-state index in [2.05, 4.69) is 5.10 Å². The predicted octanol–water partition coefficient (Wildman–Crippen LogP) is 2.76. The van der Waals surface area contributed by atoms with Gasteiger partial charge in [0.25, 0.3) is 0 Å². The van der Waals surface area contributed by atoms with E-state index in [1.54, 1.807) is 26.8 Å². The van der Waals surface area contributed by atoms with Crippen LogP contribution in [-0.2, 0) is 17.6 Å². The van der Waals surface area contributed by atoms with Crippen LogP contribution in [0.4, 0.5) is 10.6 Å². The van der Waals surface area contributed by atoms with Crippen molar-refractivity contribution >= 4 is 11.9 Å². The van der Waals surface area contributed by atoms with E-state index in [1.807, 2.05) is 18.2 Å². The van der Waals surface area contributed by atoms with E-state index >= 15 is 0 Å². The van der Waals surface area contributed by atoms with Crippen LogP contribution in [-0.4, -0.2) is 28.3 Å². The molecule has 0 radical (unpaired) electrons. The van der Waals surface area contributed by atoms with Crippen molar-refractivity contribution in [3.8, 4) is 11.5 Å². The molecule has 2 heterocycles. The molecule has 0 atom stereocenters. The van der Waals surface area contributed by atoms with E-state index in [-0.39, 0.29) is 12.6 Å². The van der Waals surface area contributed by atoms with Crippen LogP contribution in [0, 0.1) is 0 Å². The predicted molar refractivity (Wildman–Crippen MR) is 88.2 cm³/mol. The summed E-state index contributed by atoms with van der Waals surface area (Å²) in [6.07, 6.45) is 0.829. The molecule has 7 nitrogen and oxygen atoms in total. The number of aryl methyl sites for hydroxylation is 2. The third kappa shape index (κ3) is 3.61. The van der Waals surface area contributed by atoms with E-state index in [9.17, 15) is 4.79 Å². The Hall–Kier alpha value is -2.70. The van der Waals surface area contributed by atoms with Crippen LogP contribution in [0.5, 0.6) is 11.5 Å². The smallest absolute Gasteiger partial charge is 0.437 e. The Balaban J connectivity index is 1.66. The molecule has 1 aromatic heterocycles. The molecular formula is C17H21N3O4. The molecule has 7 heteroatoms. The van der Waals surface area contributed by atoms with Crippen LogP contribution in [0.25, 0.3) is 0 Å². The summed E-state index contributed by atoms with van der Waals surface area (Å²) in [5.74, 6) is 1.79. The monoisotopic (exact) mass is 331 g/mol. The van der Waals surface area contributed by atoms with Crippen molar-refractivity contribution in [3.63, 3.8) is 0 Å². The summed E-state index contributed by atoms with van der Waals surface area (Å²) >= 11 is 0. The summed E-state index contributed by atoms with van der Waals surface area (Å²) < 4.78 is 17.0. The summed E-state index contributed by atoms with van der Waals surface area (Å²) in [6.45, 7) is 5.65. The van der Waals surface area contributed by atoms with Crippen LogP contribution >= 0.6 is 0 Å². The maximum absolute atomic E-state index is 12.1. The minimum absolute atomic E-state index is 0.260. The first-order valence-corrected chi connectivity index (χ1v) is 7.78. The molecule has 0 saturated carbocycles. The Labute approximate surface area is 140 Å². The maximum Gasteiger partial charge on any atom is 0.437 e. The van der Waals surface area contributed by atoms with Crippen LogP contribution in [0.2, 0.25) is 0 Å². The van der Waals surface area contributed by atoms with Gasteiger partial charge >= 0.3 is 6.09 Å². The number of nitrogen functional groups attached to an aromatic ring is 1. The summed E-state index contributed by atoms with van der Waals surface area (Å²) in [5, 5.41) is 4.24. The lowest BCUT2D eigenvalue weighted by Gasteiger charge is -2.19. The molecule has 3 rings (SSSR count). The average Bonchev–Trinajstić information content (AvgIpc) is 3.08. The lowest BCUT2D eigenvalue weighted by molar-refractivity contribution is 0.0518. The average molecular weight is 331 g/mol. The fraction of sp³-hybridized carbons (Fsp3) is 0.412. The van der Waals surface area contributed by atoms with Gasteiger partial charge in [0.1, 0.15) is 11.4 Å². The first-order valence-electron chi connectivity index (χ1n) is 7.78. The molecular weight excluding hydrogens is 310 g/mol. The van der Waals surface area contributed by atoms with Gasteiger partial charge in [0.2, 0.25) is 6.79 Å². The molecule has 0 spiro atoms. The van der Waals surface area contributed by atoms with Crippen LogP contribution in [0.1, 0.15) is 32.0 Å². The first-order chi connectivity index (χ1) is 11.3. The van der Waals surface area contributed by atoms with Crippen LogP contribution in [0.15, 0.2) is 24.3 Å². The highest BCUT2D eigenvalue weighted by atomic mass is 16.7. The van der Waals surface area contributed by atoms with Crippen molar-refractivity contribution in [2.24, 2.45) is 0 Å². The molecule has 0 saturated heterocycles. The highest BCUT2D eigenvalue weighted by Gasteiger charge is 2.21. The molecule has 0 unspecified atom stereocenters. The van der Waals surface area contributed by atoms with Gasteiger partial charge in [-0.1, -0.05) is 6.07 Å². The largest absolute Gasteiger partial charge is 0.454 e. The van der Waals surface area contributed by atoms with E-state index in [4.69, 9.17) is 19.9 Å². The zero-order valence-corrected chi connectivity index (χ0v) is 14.0. The summed E-state index contributed by atoms with van der Waals surface area (Å²) in [4.78, 5) is 12.1. The number of carbonyl (C=O) groups excluding carboxylic acids is 1. The molecule has 24 heavy (non-hydrogen) atoms. The fourth-order valence-corrected chi connectivity index (χ4v) is 2.39. The molecule has 2 N–H and O–H groups in total. The van der Waals surface area contributed by atoms with Gasteiger partial charge in [0.15, 0.2) is 11.5 Å².